The molecule has 0 radical (unpaired) electrons. The largest absolute Gasteiger partial charge is 0.464 e. The Bertz CT molecular complexity index is 1060. The molecule has 4 nitrogen and oxygen atoms in total. The second-order valence-corrected chi connectivity index (χ2v) is 7.71. The number of nitrogens with zero attached hydrogens (tertiary/aromatic N) is 1. The summed E-state index contributed by atoms with van der Waals surface area (Å²) in [5, 5.41) is 10.5. The second kappa shape index (κ2) is 8.26. The van der Waals surface area contributed by atoms with E-state index in [4.69, 9.17) is 4.42 Å². The molecule has 4 heteroatoms. The number of allylic oxidation sites excluding steroid dienone is 1. The van der Waals surface area contributed by atoms with Gasteiger partial charge in [0.15, 0.2) is 5.78 Å². The van der Waals surface area contributed by atoms with Gasteiger partial charge in [-0.25, -0.2) is 0 Å². The molecule has 0 saturated heterocycles. The lowest BCUT2D eigenvalue weighted by atomic mass is 9.81. The van der Waals surface area contributed by atoms with Gasteiger partial charge in [-0.05, 0) is 42.5 Å². The van der Waals surface area contributed by atoms with Crippen LogP contribution in [-0.4, -0.2) is 22.1 Å². The third-order valence-electron chi connectivity index (χ3n) is 6.03. The Hall–Kier alpha value is -2.85. The van der Waals surface area contributed by atoms with E-state index in [2.05, 4.69) is 17.7 Å². The standard InChI is InChI=1S/C25H27NO3/c1-3-13-26-21-15-18(22(28)16-27)10-11-19(21)24(17-8-6-5-7-9-17)25(26)20-12-14-29-23(20)4-2/h3-4,10-12,14-15,17,27H,1-2,5-9,13,16H2. The molecule has 2 aromatic heterocycles. The van der Waals surface area contributed by atoms with Crippen molar-refractivity contribution in [3.05, 3.63) is 66.6 Å². The fraction of sp³-hybridized carbons (Fsp3) is 0.320. The number of aliphatic hydroxyl groups is 1. The van der Waals surface area contributed by atoms with E-state index in [9.17, 15) is 9.90 Å². The van der Waals surface area contributed by atoms with Crippen LogP contribution in [0.5, 0.6) is 0 Å². The number of carbonyl (C=O) groups excluding carboxylic acids is 1. The van der Waals surface area contributed by atoms with Crippen molar-refractivity contribution in [3.8, 4) is 11.3 Å². The average molecular weight is 389 g/mol. The zero-order chi connectivity index (χ0) is 20.4. The third kappa shape index (κ3) is 3.38. The first-order valence-electron chi connectivity index (χ1n) is 10.3. The van der Waals surface area contributed by atoms with E-state index in [0.717, 1.165) is 22.5 Å². The molecule has 3 aromatic rings. The van der Waals surface area contributed by atoms with Gasteiger partial charge in [0.05, 0.1) is 12.0 Å². The van der Waals surface area contributed by atoms with E-state index in [1.807, 2.05) is 30.3 Å². The molecule has 1 aliphatic carbocycles. The van der Waals surface area contributed by atoms with Crippen molar-refractivity contribution in [2.45, 2.75) is 44.6 Å². The number of hydrogen-bond acceptors (Lipinski definition) is 3. The van der Waals surface area contributed by atoms with E-state index in [1.165, 1.54) is 43.1 Å². The Morgan fingerprint density at radius 1 is 1.21 bits per heavy atom. The van der Waals surface area contributed by atoms with Gasteiger partial charge in [0.2, 0.25) is 0 Å². The number of benzene rings is 1. The van der Waals surface area contributed by atoms with Gasteiger partial charge < -0.3 is 14.1 Å². The number of ketones is 1. The minimum Gasteiger partial charge on any atom is -0.464 e. The lowest BCUT2D eigenvalue weighted by molar-refractivity contribution is 0.0904. The minimum atomic E-state index is -0.488. The number of hydrogen-bond donors (Lipinski definition) is 1. The highest BCUT2D eigenvalue weighted by atomic mass is 16.3. The number of rotatable bonds is 7. The molecule has 29 heavy (non-hydrogen) atoms. The highest BCUT2D eigenvalue weighted by Gasteiger charge is 2.28. The van der Waals surface area contributed by atoms with Crippen molar-refractivity contribution in [2.24, 2.45) is 0 Å². The van der Waals surface area contributed by atoms with Crippen LogP contribution < -0.4 is 0 Å². The van der Waals surface area contributed by atoms with Crippen LogP contribution in [0.2, 0.25) is 0 Å². The van der Waals surface area contributed by atoms with Crippen molar-refractivity contribution in [1.29, 1.82) is 0 Å². The molecule has 0 bridgehead atoms. The summed E-state index contributed by atoms with van der Waals surface area (Å²) in [7, 11) is 0. The number of furan rings is 1. The minimum absolute atomic E-state index is 0.269. The predicted octanol–water partition coefficient (Wildman–Crippen LogP) is 5.95. The van der Waals surface area contributed by atoms with Crippen molar-refractivity contribution in [2.75, 3.05) is 6.61 Å². The van der Waals surface area contributed by atoms with Crippen LogP contribution >= 0.6 is 0 Å². The smallest absolute Gasteiger partial charge is 0.188 e. The van der Waals surface area contributed by atoms with Crippen LogP contribution in [0.4, 0.5) is 0 Å². The van der Waals surface area contributed by atoms with Gasteiger partial charge in [-0.1, -0.05) is 44.1 Å². The van der Waals surface area contributed by atoms with Gasteiger partial charge in [-0.15, -0.1) is 6.58 Å². The number of aromatic nitrogens is 1. The maximum Gasteiger partial charge on any atom is 0.188 e. The topological polar surface area (TPSA) is 55.4 Å². The lowest BCUT2D eigenvalue weighted by Crippen LogP contribution is -2.07. The van der Waals surface area contributed by atoms with Crippen LogP contribution in [0.25, 0.3) is 28.2 Å². The molecule has 1 N–H and O–H groups in total. The van der Waals surface area contributed by atoms with Gasteiger partial charge in [0, 0.05) is 28.6 Å². The molecule has 150 valence electrons. The highest BCUT2D eigenvalue weighted by Crippen LogP contribution is 2.45. The van der Waals surface area contributed by atoms with E-state index >= 15 is 0 Å². The van der Waals surface area contributed by atoms with Gasteiger partial charge in [-0.3, -0.25) is 4.79 Å². The van der Waals surface area contributed by atoms with E-state index in [0.29, 0.717) is 18.0 Å². The maximum atomic E-state index is 12.1. The Morgan fingerprint density at radius 2 is 2.00 bits per heavy atom. The molecule has 0 amide bonds. The fourth-order valence-corrected chi connectivity index (χ4v) is 4.73. The first-order chi connectivity index (χ1) is 14.2. The zero-order valence-corrected chi connectivity index (χ0v) is 16.7. The molecule has 1 aromatic carbocycles. The van der Waals surface area contributed by atoms with Crippen molar-refractivity contribution in [3.63, 3.8) is 0 Å². The molecule has 0 spiro atoms. The molecule has 0 aliphatic heterocycles. The molecular formula is C25H27NO3. The quantitative estimate of drug-likeness (QED) is 0.401. The van der Waals surface area contributed by atoms with Crippen LogP contribution in [-0.2, 0) is 6.54 Å². The van der Waals surface area contributed by atoms with Gasteiger partial charge in [-0.2, -0.15) is 0 Å². The third-order valence-corrected chi connectivity index (χ3v) is 6.03. The van der Waals surface area contributed by atoms with Gasteiger partial charge >= 0.3 is 0 Å². The van der Waals surface area contributed by atoms with Crippen LogP contribution in [0.15, 0.2) is 54.2 Å². The number of fused-ring (bicyclic) bond motifs is 1. The summed E-state index contributed by atoms with van der Waals surface area (Å²) in [6, 6.07) is 7.77. The van der Waals surface area contributed by atoms with Crippen LogP contribution in [0, 0.1) is 0 Å². The Morgan fingerprint density at radius 3 is 2.69 bits per heavy atom. The second-order valence-electron chi connectivity index (χ2n) is 7.71. The summed E-state index contributed by atoms with van der Waals surface area (Å²) in [5.74, 6) is 0.954. The Balaban J connectivity index is 2.05. The predicted molar refractivity (Wildman–Crippen MR) is 117 cm³/mol. The average Bonchev–Trinajstić information content (AvgIpc) is 3.36. The molecule has 2 heterocycles. The van der Waals surface area contributed by atoms with Crippen LogP contribution in [0.3, 0.4) is 0 Å². The summed E-state index contributed by atoms with van der Waals surface area (Å²) < 4.78 is 7.90. The van der Waals surface area contributed by atoms with Gasteiger partial charge in [0.1, 0.15) is 12.4 Å². The van der Waals surface area contributed by atoms with E-state index in [1.54, 1.807) is 12.3 Å². The molecule has 4 rings (SSSR count). The SMILES string of the molecule is C=CCn1c(-c2ccoc2C=C)c(C2CCCCC2)c2ccc(C(=O)CO)cc21. The molecular weight excluding hydrogens is 362 g/mol. The van der Waals surface area contributed by atoms with Gasteiger partial charge in [0.25, 0.3) is 0 Å². The van der Waals surface area contributed by atoms with E-state index in [-0.39, 0.29) is 5.78 Å². The lowest BCUT2D eigenvalue weighted by Gasteiger charge is -2.23. The monoisotopic (exact) mass is 389 g/mol. The molecule has 1 saturated carbocycles. The summed E-state index contributed by atoms with van der Waals surface area (Å²) in [6.45, 7) is 8.00. The van der Waals surface area contributed by atoms with Crippen LogP contribution in [0.1, 0.15) is 59.7 Å². The molecule has 0 unspecified atom stereocenters. The van der Waals surface area contributed by atoms with Crippen molar-refractivity contribution in [1.82, 2.24) is 4.57 Å². The van der Waals surface area contributed by atoms with Crippen molar-refractivity contribution < 1.29 is 14.3 Å². The Labute approximate surface area is 171 Å². The fourth-order valence-electron chi connectivity index (χ4n) is 4.73. The first kappa shape index (κ1) is 19.5. The molecule has 0 atom stereocenters. The number of carbonyl (C=O) groups is 1. The Kier molecular flexibility index (Phi) is 5.54. The van der Waals surface area contributed by atoms with E-state index < -0.39 is 6.61 Å². The van der Waals surface area contributed by atoms with Crippen molar-refractivity contribution >= 4 is 22.8 Å². The summed E-state index contributed by atoms with van der Waals surface area (Å²) in [5.41, 5.74) is 5.00. The number of aliphatic hydroxyl groups excluding tert-OH is 1. The maximum absolute atomic E-state index is 12.1. The summed E-state index contributed by atoms with van der Waals surface area (Å²) >= 11 is 0. The molecule has 1 aliphatic rings. The molecule has 1 fully saturated rings. The summed E-state index contributed by atoms with van der Waals surface area (Å²) in [4.78, 5) is 12.1. The zero-order valence-electron chi connectivity index (χ0n) is 16.7. The number of Topliss-reactive ketones (excluding diaryl/α,β-unsaturated/α-hetero) is 1. The highest BCUT2D eigenvalue weighted by molar-refractivity contribution is 6.02. The normalized spacial score (nSPS) is 14.9. The first-order valence-corrected chi connectivity index (χ1v) is 10.3. The summed E-state index contributed by atoms with van der Waals surface area (Å²) in [6.07, 6.45) is 11.4.